The van der Waals surface area contributed by atoms with Gasteiger partial charge in [-0.05, 0) is 53.0 Å². The second-order valence-electron chi connectivity index (χ2n) is 6.23. The average molecular weight is 497 g/mol. The van der Waals surface area contributed by atoms with Crippen molar-refractivity contribution in [1.29, 1.82) is 5.41 Å². The molecule has 0 spiro atoms. The number of aryl methyl sites for hydroxylation is 1. The molecule has 0 aliphatic carbocycles. The maximum Gasteiger partial charge on any atom is 0.185 e. The summed E-state index contributed by atoms with van der Waals surface area (Å²) in [7, 11) is 0. The number of nitrogens with zero attached hydrogens (tertiary/aromatic N) is 4. The molecule has 11 heteroatoms. The van der Waals surface area contributed by atoms with Gasteiger partial charge in [0, 0.05) is 23.7 Å². The summed E-state index contributed by atoms with van der Waals surface area (Å²) in [4.78, 5) is 9.35. The van der Waals surface area contributed by atoms with E-state index in [1.807, 2.05) is 13.0 Å². The summed E-state index contributed by atoms with van der Waals surface area (Å²) in [6, 6.07) is 3.40. The van der Waals surface area contributed by atoms with Crippen LogP contribution < -0.4 is 4.90 Å². The number of anilines is 1. The highest BCUT2D eigenvalue weighted by molar-refractivity contribution is 9.10. The number of thioether (sulfide) groups is 1. The monoisotopic (exact) mass is 496 g/mol. The number of pyridine rings is 1. The van der Waals surface area contributed by atoms with Gasteiger partial charge in [0.15, 0.2) is 28.4 Å². The molecule has 0 amide bonds. The number of amidine groups is 1. The molecule has 2 heterocycles. The Hall–Kier alpha value is -2.66. The van der Waals surface area contributed by atoms with Crippen LogP contribution in [0.2, 0.25) is 0 Å². The van der Waals surface area contributed by atoms with Crippen LogP contribution in [0.5, 0.6) is 0 Å². The van der Waals surface area contributed by atoms with Crippen LogP contribution in [0, 0.1) is 36.7 Å². The summed E-state index contributed by atoms with van der Waals surface area (Å²) in [6.45, 7) is 3.64. The van der Waals surface area contributed by atoms with Gasteiger partial charge in [0.05, 0.1) is 6.34 Å². The molecule has 0 unspecified atom stereocenters. The molecule has 3 rings (SSSR count). The summed E-state index contributed by atoms with van der Waals surface area (Å²) < 4.78 is 43.2. The van der Waals surface area contributed by atoms with Gasteiger partial charge in [-0.2, -0.15) is 5.10 Å². The smallest absolute Gasteiger partial charge is 0.185 e. The number of rotatable bonds is 5. The minimum atomic E-state index is -1.41. The first-order valence-electron chi connectivity index (χ1n) is 8.57. The van der Waals surface area contributed by atoms with Crippen LogP contribution in [-0.4, -0.2) is 26.7 Å². The number of benzene rings is 1. The Bertz CT molecular complexity index is 1120. The van der Waals surface area contributed by atoms with Crippen molar-refractivity contribution >= 4 is 50.7 Å². The Kier molecular flexibility index (Phi) is 6.93. The number of hydrogen-bond donors (Lipinski definition) is 2. The summed E-state index contributed by atoms with van der Waals surface area (Å²) in [6.07, 6.45) is 4.04. The molecule has 1 aromatic carbocycles. The van der Waals surface area contributed by atoms with Crippen molar-refractivity contribution in [3.05, 3.63) is 69.3 Å². The van der Waals surface area contributed by atoms with E-state index in [0.29, 0.717) is 28.3 Å². The van der Waals surface area contributed by atoms with Crippen LogP contribution >= 0.6 is 27.7 Å². The van der Waals surface area contributed by atoms with Crippen molar-refractivity contribution in [3.63, 3.8) is 0 Å². The van der Waals surface area contributed by atoms with E-state index in [1.54, 1.807) is 19.3 Å². The van der Waals surface area contributed by atoms with Crippen LogP contribution in [0.15, 0.2) is 40.2 Å². The maximum atomic E-state index is 14.4. The predicted octanol–water partition coefficient (Wildman–Crippen LogP) is 5.64. The van der Waals surface area contributed by atoms with Gasteiger partial charge in [0.2, 0.25) is 0 Å². The topological polar surface area (TPSA) is 81.0 Å². The van der Waals surface area contributed by atoms with Crippen molar-refractivity contribution in [2.75, 3.05) is 4.90 Å². The highest BCUT2D eigenvalue weighted by Gasteiger charge is 2.24. The minimum absolute atomic E-state index is 0.0389. The lowest BCUT2D eigenvalue weighted by molar-refractivity contribution is 0.498. The predicted molar refractivity (Wildman–Crippen MR) is 116 cm³/mol. The summed E-state index contributed by atoms with van der Waals surface area (Å²) in [5.74, 6) is -3.06. The summed E-state index contributed by atoms with van der Waals surface area (Å²) in [5.41, 5.74) is 1.73. The zero-order chi connectivity index (χ0) is 21.8. The molecular formula is C19H16BrF3N6S. The van der Waals surface area contributed by atoms with E-state index in [0.717, 1.165) is 33.9 Å². The van der Waals surface area contributed by atoms with E-state index < -0.39 is 23.1 Å². The fourth-order valence-corrected chi connectivity index (χ4v) is 3.67. The van der Waals surface area contributed by atoms with E-state index in [4.69, 9.17) is 5.41 Å². The number of aliphatic imine (C=N–C) groups is 1. The van der Waals surface area contributed by atoms with E-state index in [1.165, 1.54) is 0 Å². The number of aromatic amines is 1. The van der Waals surface area contributed by atoms with E-state index in [2.05, 4.69) is 36.1 Å². The number of aromatic nitrogens is 3. The number of H-pyrrole nitrogens is 1. The SMILES string of the molecule is Cc1cncc(CSC(=Nc2n[nH]c(Br)c2C)N(C=N)c2c(F)ccc(F)c2F)c1. The Morgan fingerprint density at radius 3 is 2.63 bits per heavy atom. The molecule has 0 saturated heterocycles. The zero-order valence-corrected chi connectivity index (χ0v) is 18.3. The number of nitrogens with one attached hydrogen (secondary N) is 2. The van der Waals surface area contributed by atoms with E-state index in [-0.39, 0.29) is 11.0 Å². The summed E-state index contributed by atoms with van der Waals surface area (Å²) in [5, 5.41) is 14.5. The van der Waals surface area contributed by atoms with E-state index >= 15 is 0 Å². The lowest BCUT2D eigenvalue weighted by atomic mass is 10.2. The van der Waals surface area contributed by atoms with Crippen LogP contribution in [0.25, 0.3) is 0 Å². The van der Waals surface area contributed by atoms with Crippen LogP contribution in [0.3, 0.4) is 0 Å². The van der Waals surface area contributed by atoms with Crippen LogP contribution in [-0.2, 0) is 5.75 Å². The summed E-state index contributed by atoms with van der Waals surface area (Å²) >= 11 is 4.40. The van der Waals surface area contributed by atoms with Gasteiger partial charge in [-0.3, -0.25) is 20.4 Å². The van der Waals surface area contributed by atoms with Gasteiger partial charge in [0.25, 0.3) is 0 Å². The molecular weight excluding hydrogens is 481 g/mol. The quantitative estimate of drug-likeness (QED) is 0.272. The van der Waals surface area contributed by atoms with Crippen molar-refractivity contribution in [3.8, 4) is 0 Å². The largest absolute Gasteiger partial charge is 0.291 e. The normalized spacial score (nSPS) is 11.6. The highest BCUT2D eigenvalue weighted by Crippen LogP contribution is 2.31. The molecule has 0 bridgehead atoms. The average Bonchev–Trinajstić information content (AvgIpc) is 3.03. The fraction of sp³-hybridized carbons (Fsp3) is 0.158. The zero-order valence-electron chi connectivity index (χ0n) is 15.9. The third kappa shape index (κ3) is 4.73. The van der Waals surface area contributed by atoms with E-state index in [9.17, 15) is 13.2 Å². The highest BCUT2D eigenvalue weighted by atomic mass is 79.9. The van der Waals surface area contributed by atoms with Gasteiger partial charge in [0.1, 0.15) is 10.3 Å². The first kappa shape index (κ1) is 22.0. The fourth-order valence-electron chi connectivity index (χ4n) is 2.52. The molecule has 6 nitrogen and oxygen atoms in total. The first-order valence-corrected chi connectivity index (χ1v) is 10.4. The Labute approximate surface area is 183 Å². The molecule has 0 atom stereocenters. The molecule has 30 heavy (non-hydrogen) atoms. The van der Waals surface area contributed by atoms with Gasteiger partial charge in [-0.1, -0.05) is 17.8 Å². The lowest BCUT2D eigenvalue weighted by Crippen LogP contribution is -2.29. The van der Waals surface area contributed by atoms with Crippen molar-refractivity contribution < 1.29 is 13.2 Å². The van der Waals surface area contributed by atoms with Gasteiger partial charge >= 0.3 is 0 Å². The molecule has 0 saturated carbocycles. The molecule has 156 valence electrons. The van der Waals surface area contributed by atoms with Crippen molar-refractivity contribution in [1.82, 2.24) is 15.2 Å². The Balaban J connectivity index is 2.06. The van der Waals surface area contributed by atoms with Crippen LogP contribution in [0.4, 0.5) is 24.7 Å². The number of halogens is 4. The van der Waals surface area contributed by atoms with Gasteiger partial charge in [-0.15, -0.1) is 0 Å². The molecule has 0 fully saturated rings. The standard InChI is InChI=1S/C19H16BrF3N6S/c1-10-5-12(7-25-6-10)8-30-19(26-18-11(2)17(20)27-28-18)29(9-24)16-14(22)4-3-13(21)15(16)23/h3-7,9,24H,8H2,1-2H3,(H,27,28). The molecule has 3 aromatic rings. The minimum Gasteiger partial charge on any atom is -0.291 e. The molecule has 0 aliphatic rings. The molecule has 2 aromatic heterocycles. The third-order valence-corrected chi connectivity index (χ3v) is 5.82. The van der Waals surface area contributed by atoms with Crippen molar-refractivity contribution in [2.45, 2.75) is 19.6 Å². The van der Waals surface area contributed by atoms with Crippen molar-refractivity contribution in [2.24, 2.45) is 4.99 Å². The second kappa shape index (κ2) is 9.43. The molecule has 0 aliphatic heterocycles. The first-order chi connectivity index (χ1) is 14.3. The van der Waals surface area contributed by atoms with Gasteiger partial charge < -0.3 is 0 Å². The second-order valence-corrected chi connectivity index (χ2v) is 7.97. The molecule has 2 N–H and O–H groups in total. The number of hydrogen-bond acceptors (Lipinski definition) is 5. The molecule has 0 radical (unpaired) electrons. The Morgan fingerprint density at radius 1 is 1.27 bits per heavy atom. The van der Waals surface area contributed by atoms with Crippen LogP contribution in [0.1, 0.15) is 16.7 Å². The maximum absolute atomic E-state index is 14.4. The Morgan fingerprint density at radius 2 is 2.00 bits per heavy atom. The lowest BCUT2D eigenvalue weighted by Gasteiger charge is -2.21. The third-order valence-electron chi connectivity index (χ3n) is 4.02. The van der Waals surface area contributed by atoms with Gasteiger partial charge in [-0.25, -0.2) is 18.2 Å².